The average molecular weight is 382 g/mol. The van der Waals surface area contributed by atoms with Crippen molar-refractivity contribution >= 4 is 17.7 Å². The number of aryl methyl sites for hydroxylation is 1. The van der Waals surface area contributed by atoms with E-state index >= 15 is 0 Å². The van der Waals surface area contributed by atoms with Crippen molar-refractivity contribution in [3.8, 4) is 5.75 Å². The molecule has 1 fully saturated rings. The molecule has 2 aromatic rings. The fourth-order valence-electron chi connectivity index (χ4n) is 3.33. The zero-order valence-corrected chi connectivity index (χ0v) is 16.3. The summed E-state index contributed by atoms with van der Waals surface area (Å²) in [5.74, 6) is 0.314. The zero-order chi connectivity index (χ0) is 19.9. The van der Waals surface area contributed by atoms with Gasteiger partial charge in [0.25, 0.3) is 0 Å². The lowest BCUT2D eigenvalue weighted by molar-refractivity contribution is -0.151. The van der Waals surface area contributed by atoms with E-state index < -0.39 is 0 Å². The summed E-state index contributed by atoms with van der Waals surface area (Å²) in [5, 5.41) is 2.88. The Balaban J connectivity index is 1.47. The Morgan fingerprint density at radius 3 is 2.50 bits per heavy atom. The molecular formula is C22H26N2O4. The summed E-state index contributed by atoms with van der Waals surface area (Å²) in [6, 6.07) is 15.0. The number of nitrogens with zero attached hydrogens (tertiary/aromatic N) is 1. The predicted molar refractivity (Wildman–Crippen MR) is 107 cm³/mol. The van der Waals surface area contributed by atoms with E-state index in [0.29, 0.717) is 31.7 Å². The molecule has 3 rings (SSSR count). The number of hydrogen-bond acceptors (Lipinski definition) is 4. The number of urea groups is 1. The van der Waals surface area contributed by atoms with Crippen molar-refractivity contribution in [3.05, 3.63) is 59.7 Å². The van der Waals surface area contributed by atoms with Gasteiger partial charge in [-0.3, -0.25) is 4.79 Å². The van der Waals surface area contributed by atoms with Gasteiger partial charge in [-0.1, -0.05) is 29.8 Å². The number of carbonyl (C=O) groups is 2. The second-order valence-electron chi connectivity index (χ2n) is 6.98. The van der Waals surface area contributed by atoms with Gasteiger partial charge in [0.15, 0.2) is 0 Å². The van der Waals surface area contributed by atoms with Crippen LogP contribution in [0.2, 0.25) is 0 Å². The normalized spacial score (nSPS) is 14.4. The lowest BCUT2D eigenvalue weighted by Gasteiger charge is -2.31. The molecule has 1 heterocycles. The van der Waals surface area contributed by atoms with Crippen LogP contribution in [0.15, 0.2) is 48.5 Å². The highest BCUT2D eigenvalue weighted by molar-refractivity contribution is 5.89. The van der Waals surface area contributed by atoms with Gasteiger partial charge >= 0.3 is 12.0 Å². The number of benzene rings is 2. The van der Waals surface area contributed by atoms with E-state index in [1.165, 1.54) is 0 Å². The predicted octanol–water partition coefficient (Wildman–Crippen LogP) is 3.99. The maximum Gasteiger partial charge on any atom is 0.321 e. The van der Waals surface area contributed by atoms with Gasteiger partial charge < -0.3 is 19.7 Å². The maximum absolute atomic E-state index is 12.4. The summed E-state index contributed by atoms with van der Waals surface area (Å²) in [4.78, 5) is 26.5. The van der Waals surface area contributed by atoms with Crippen molar-refractivity contribution < 1.29 is 19.1 Å². The van der Waals surface area contributed by atoms with Crippen molar-refractivity contribution in [1.82, 2.24) is 4.90 Å². The Bertz CT molecular complexity index is 815. The van der Waals surface area contributed by atoms with Gasteiger partial charge in [0.1, 0.15) is 12.4 Å². The first-order valence-electron chi connectivity index (χ1n) is 9.48. The highest BCUT2D eigenvalue weighted by Gasteiger charge is 2.28. The molecule has 0 saturated carbocycles. The number of amides is 2. The van der Waals surface area contributed by atoms with Crippen LogP contribution in [0.5, 0.6) is 5.75 Å². The lowest BCUT2D eigenvalue weighted by Crippen LogP contribution is -2.42. The lowest BCUT2D eigenvalue weighted by atomic mass is 9.97. The summed E-state index contributed by atoms with van der Waals surface area (Å²) in [6.45, 7) is 3.25. The molecule has 0 aliphatic carbocycles. The third-order valence-corrected chi connectivity index (χ3v) is 4.95. The molecule has 1 N–H and O–H groups in total. The molecule has 0 unspecified atom stereocenters. The van der Waals surface area contributed by atoms with Crippen LogP contribution >= 0.6 is 0 Å². The number of rotatable bonds is 5. The zero-order valence-electron chi connectivity index (χ0n) is 16.3. The summed E-state index contributed by atoms with van der Waals surface area (Å²) < 4.78 is 10.8. The standard InChI is InChI=1S/C22H26N2O4/c1-16-8-9-20(27-2)18(14-16)15-28-21(25)17-10-12-24(13-11-17)22(26)23-19-6-4-3-5-7-19/h3-9,14,17H,10-13,15H2,1-2H3,(H,23,26). The molecule has 0 radical (unpaired) electrons. The van der Waals surface area contributed by atoms with Crippen LogP contribution in [0.4, 0.5) is 10.5 Å². The number of anilines is 1. The van der Waals surface area contributed by atoms with Crippen LogP contribution < -0.4 is 10.1 Å². The van der Waals surface area contributed by atoms with Gasteiger partial charge in [-0.05, 0) is 44.0 Å². The number of likely N-dealkylation sites (tertiary alicyclic amines) is 1. The molecule has 1 aliphatic rings. The number of methoxy groups -OCH3 is 1. The first-order valence-corrected chi connectivity index (χ1v) is 9.48. The van der Waals surface area contributed by atoms with Crippen molar-refractivity contribution in [2.24, 2.45) is 5.92 Å². The molecule has 2 aromatic carbocycles. The molecular weight excluding hydrogens is 356 g/mol. The van der Waals surface area contributed by atoms with Gasteiger partial charge in [0, 0.05) is 24.3 Å². The highest BCUT2D eigenvalue weighted by atomic mass is 16.5. The molecule has 0 spiro atoms. The smallest absolute Gasteiger partial charge is 0.321 e. The van der Waals surface area contributed by atoms with Crippen molar-refractivity contribution in [2.45, 2.75) is 26.4 Å². The molecule has 28 heavy (non-hydrogen) atoms. The summed E-state index contributed by atoms with van der Waals surface area (Å²) in [6.07, 6.45) is 1.21. The van der Waals surface area contributed by atoms with E-state index in [1.54, 1.807) is 12.0 Å². The third-order valence-electron chi connectivity index (χ3n) is 4.95. The molecule has 0 atom stereocenters. The molecule has 6 heteroatoms. The van der Waals surface area contributed by atoms with Crippen molar-refractivity contribution in [2.75, 3.05) is 25.5 Å². The molecule has 0 bridgehead atoms. The van der Waals surface area contributed by atoms with Crippen molar-refractivity contribution in [3.63, 3.8) is 0 Å². The highest BCUT2D eigenvalue weighted by Crippen LogP contribution is 2.23. The fraction of sp³-hybridized carbons (Fsp3) is 0.364. The van der Waals surface area contributed by atoms with Crippen molar-refractivity contribution in [1.29, 1.82) is 0 Å². The van der Waals surface area contributed by atoms with Crippen LogP contribution in [-0.4, -0.2) is 37.1 Å². The molecule has 0 aromatic heterocycles. The monoisotopic (exact) mass is 382 g/mol. The number of piperidine rings is 1. The summed E-state index contributed by atoms with van der Waals surface area (Å²) in [5.41, 5.74) is 2.71. The van der Waals surface area contributed by atoms with E-state index in [4.69, 9.17) is 9.47 Å². The number of esters is 1. The number of ether oxygens (including phenoxy) is 2. The number of hydrogen-bond donors (Lipinski definition) is 1. The summed E-state index contributed by atoms with van der Waals surface area (Å²) in [7, 11) is 1.60. The SMILES string of the molecule is COc1ccc(C)cc1COC(=O)C1CCN(C(=O)Nc2ccccc2)CC1. The van der Waals surface area contributed by atoms with Crippen LogP contribution in [0, 0.1) is 12.8 Å². The molecule has 1 aliphatic heterocycles. The second-order valence-corrected chi connectivity index (χ2v) is 6.98. The minimum atomic E-state index is -0.216. The van der Waals surface area contributed by atoms with Gasteiger partial charge in [0.05, 0.1) is 13.0 Å². The van der Waals surface area contributed by atoms with Crippen LogP contribution in [0.1, 0.15) is 24.0 Å². The molecule has 1 saturated heterocycles. The first kappa shape index (κ1) is 19.7. The van der Waals surface area contributed by atoms with Gasteiger partial charge in [-0.15, -0.1) is 0 Å². The molecule has 2 amide bonds. The number of nitrogens with one attached hydrogen (secondary N) is 1. The fourth-order valence-corrected chi connectivity index (χ4v) is 3.33. The van der Waals surface area contributed by atoms with Crippen LogP contribution in [-0.2, 0) is 16.1 Å². The Hall–Kier alpha value is -3.02. The topological polar surface area (TPSA) is 67.9 Å². The largest absolute Gasteiger partial charge is 0.496 e. The number of carbonyl (C=O) groups excluding carboxylic acids is 2. The van der Waals surface area contributed by atoms with Crippen LogP contribution in [0.25, 0.3) is 0 Å². The quantitative estimate of drug-likeness (QED) is 0.794. The molecule has 6 nitrogen and oxygen atoms in total. The van der Waals surface area contributed by atoms with E-state index in [2.05, 4.69) is 5.32 Å². The van der Waals surface area contributed by atoms with Crippen LogP contribution in [0.3, 0.4) is 0 Å². The third kappa shape index (κ3) is 5.03. The Labute approximate surface area is 165 Å². The Morgan fingerprint density at radius 1 is 1.11 bits per heavy atom. The second kappa shape index (κ2) is 9.26. The average Bonchev–Trinajstić information content (AvgIpc) is 2.73. The minimum absolute atomic E-state index is 0.137. The molecule has 148 valence electrons. The Morgan fingerprint density at radius 2 is 1.82 bits per heavy atom. The van der Waals surface area contributed by atoms with E-state index in [-0.39, 0.29) is 24.5 Å². The first-order chi connectivity index (χ1) is 13.6. The minimum Gasteiger partial charge on any atom is -0.496 e. The van der Waals surface area contributed by atoms with Gasteiger partial charge in [-0.2, -0.15) is 0 Å². The van der Waals surface area contributed by atoms with Gasteiger partial charge in [-0.25, -0.2) is 4.79 Å². The Kier molecular flexibility index (Phi) is 6.53. The van der Waals surface area contributed by atoms with E-state index in [9.17, 15) is 9.59 Å². The summed E-state index contributed by atoms with van der Waals surface area (Å²) >= 11 is 0. The van der Waals surface area contributed by atoms with Gasteiger partial charge in [0.2, 0.25) is 0 Å². The van der Waals surface area contributed by atoms with E-state index in [1.807, 2.05) is 55.5 Å². The number of para-hydroxylation sites is 1. The maximum atomic E-state index is 12.4. The van der Waals surface area contributed by atoms with E-state index in [0.717, 1.165) is 16.8 Å².